The number of ketones is 1. The van der Waals surface area contributed by atoms with Crippen molar-refractivity contribution in [2.45, 2.75) is 341 Å². The minimum Gasteiger partial charge on any atom is -0.497 e. The zero-order chi connectivity index (χ0) is 92.6. The van der Waals surface area contributed by atoms with Gasteiger partial charge in [0.15, 0.2) is 5.79 Å². The van der Waals surface area contributed by atoms with Gasteiger partial charge in [-0.05, 0) is 150 Å². The maximum Gasteiger partial charge on any atom is 0.330 e. The minimum atomic E-state index is -0.938. The molecule has 2 bridgehead atoms. The van der Waals surface area contributed by atoms with Crippen molar-refractivity contribution < 1.29 is 111 Å². The standard InChI is InChI=1S/C37H52O8.C36H50O8.C29H42O7.C2H3N/c1-7-25(2)19-32(39)34-22-35(40)37(5,45-34)27(4)21-30(38)20-26(3)33(43-23-29-13-15-31(42-6)16-14-29)17-18-36(41)44-24-28-11-9-8-10-12-28;1-6-23(2)16-29(37)30-17-31-35(42-30)25(4)20-36(43-31)19-24(3)34(41-22-27-12-14-28(39-5)15-13-27)32(44-36)18-33(38)40-21-26-10-8-7-9-11-26;1-6-16(2)11-22(30)23-13-24-28(34-23)18(4)26-21-12-25(31)36-29(26,35-24)14-17(3)27(21)33-15-19-7-9-20(32-5)10-8-19;1-2-3/h8-18,25-27,32-35,39-40H,7,19-24H2,1-6H3;7-15,23-25,29-32,34-35,37H,6,16-22H2,1-5H3;7-10,16-18,21-24,26-28,30H,6,11-15H2,1-5H3;1H3/b18-17+;;;/t25-,26-,27-,32-,33+,34-,35-,37-;23-,24-,25-,29-,30-,31-,32-,34-,35-,36?;16-,17-,18-,21-,22-,23-,24-,26+,27-,28-,29-;/m000./s1. The number of fused-ring (bicyclic) bond motifs is 2. The van der Waals surface area contributed by atoms with Gasteiger partial charge >= 0.3 is 17.9 Å². The lowest BCUT2D eigenvalue weighted by molar-refractivity contribution is -0.366. The highest BCUT2D eigenvalue weighted by atomic mass is 16.7. The van der Waals surface area contributed by atoms with E-state index in [0.29, 0.717) is 88.8 Å². The summed E-state index contributed by atoms with van der Waals surface area (Å²) in [5.41, 5.74) is 3.90. The lowest BCUT2D eigenvalue weighted by Gasteiger charge is -2.60. The third-order valence-electron chi connectivity index (χ3n) is 28.0. The van der Waals surface area contributed by atoms with Crippen LogP contribution in [0.5, 0.6) is 17.2 Å². The first-order valence-electron chi connectivity index (χ1n) is 46.9. The summed E-state index contributed by atoms with van der Waals surface area (Å²) in [7, 11) is 4.91. The summed E-state index contributed by atoms with van der Waals surface area (Å²) in [6.07, 6.45) is 6.95. The number of methoxy groups -OCH3 is 3. The van der Waals surface area contributed by atoms with Crippen molar-refractivity contribution in [2.24, 2.45) is 65.1 Å². The van der Waals surface area contributed by atoms with E-state index >= 15 is 0 Å². The largest absolute Gasteiger partial charge is 0.497 e. The molecular formula is C104H147NO23. The number of Topliss-reactive ketones (excluding diaryl/α,β-unsaturated/α-hetero) is 1. The molecule has 0 amide bonds. The Morgan fingerprint density at radius 1 is 0.555 bits per heavy atom. The maximum absolute atomic E-state index is 13.3. The highest BCUT2D eigenvalue weighted by Gasteiger charge is 2.68. The molecule has 1 spiro atoms. The third-order valence-corrected chi connectivity index (χ3v) is 28.0. The molecule has 29 atom stereocenters. The van der Waals surface area contributed by atoms with Gasteiger partial charge in [-0.15, -0.1) is 0 Å². The Morgan fingerprint density at radius 3 is 1.53 bits per heavy atom. The molecule has 1 saturated carbocycles. The Bertz CT molecular complexity index is 4260. The zero-order valence-electron chi connectivity index (χ0n) is 78.7. The SMILES string of the molecule is CC#N.CC[C@H](C)C[C@H](O)[C@@H]1C[C@@H]2OC3(C[C@H](C)[C@H](OCc4ccc(OC)cc4)[C@H](CC(=O)OCc4ccccc4)O3)C[C@H](C)[C@@H]2O1.CC[C@H](C)C[C@H](O)[C@@H]1C[C@@H]2O[C@@]34C[C@H](C)[C@H](OCc5ccc(OC)cc5)[C@@H](CC(=O)O3)[C@H]4[C@H](C)[C@@H]2O1.CC[C@H](C)C[C@H](O)[C@@H]1C[C@H](O)[C@](C)([C@@H](C)CC(=O)C[C@H](C)[C@@H](/C=C/C(=O)OCc2ccccc2)OCc2ccc(OC)cc2)O1. The van der Waals surface area contributed by atoms with E-state index in [0.717, 1.165) is 70.7 Å². The number of rotatable bonds is 38. The van der Waals surface area contributed by atoms with Gasteiger partial charge in [0.05, 0.1) is 157 Å². The van der Waals surface area contributed by atoms with Crippen molar-refractivity contribution in [1.29, 1.82) is 5.26 Å². The van der Waals surface area contributed by atoms with Crippen LogP contribution in [-0.2, 0) is 109 Å². The summed E-state index contributed by atoms with van der Waals surface area (Å²) in [4.78, 5) is 51.8. The van der Waals surface area contributed by atoms with Crippen molar-refractivity contribution >= 4 is 23.7 Å². The number of hydrogen-bond acceptors (Lipinski definition) is 24. The Labute approximate surface area is 760 Å². The highest BCUT2D eigenvalue weighted by molar-refractivity contribution is 5.82. The molecule has 5 aromatic carbocycles. The first-order valence-corrected chi connectivity index (χ1v) is 46.9. The number of aliphatic hydroxyl groups is 4. The number of ether oxygens (including phenoxy) is 15. The van der Waals surface area contributed by atoms with Gasteiger partial charge in [0, 0.05) is 76.2 Å². The average Bonchev–Trinajstić information content (AvgIpc) is 1.14. The summed E-state index contributed by atoms with van der Waals surface area (Å²) >= 11 is 0. The van der Waals surface area contributed by atoms with Crippen LogP contribution in [0.3, 0.4) is 0 Å². The van der Waals surface area contributed by atoms with Crippen LogP contribution in [0, 0.1) is 76.4 Å². The number of carbonyl (C=O) groups excluding carboxylic acids is 4. The van der Waals surface area contributed by atoms with Crippen LogP contribution in [-0.4, -0.2) is 174 Å². The summed E-state index contributed by atoms with van der Waals surface area (Å²) in [6, 6.07) is 44.1. The molecule has 706 valence electrons. The fourth-order valence-corrected chi connectivity index (χ4v) is 20.1. The van der Waals surface area contributed by atoms with Gasteiger partial charge in [0.25, 0.3) is 0 Å². The second-order valence-electron chi connectivity index (χ2n) is 38.0. The Morgan fingerprint density at radius 2 is 1.02 bits per heavy atom. The topological polar surface area (TPSA) is 311 Å². The molecule has 1 aliphatic carbocycles. The molecule has 128 heavy (non-hydrogen) atoms. The number of nitriles is 1. The first kappa shape index (κ1) is 102. The second-order valence-corrected chi connectivity index (χ2v) is 38.0. The summed E-state index contributed by atoms with van der Waals surface area (Å²) < 4.78 is 91.6. The molecule has 4 N–H and O–H groups in total. The van der Waals surface area contributed by atoms with Gasteiger partial charge in [-0.3, -0.25) is 14.4 Å². The van der Waals surface area contributed by atoms with Gasteiger partial charge < -0.3 is 91.5 Å². The normalized spacial score (nSPS) is 31.2. The fourth-order valence-electron chi connectivity index (χ4n) is 20.1. The summed E-state index contributed by atoms with van der Waals surface area (Å²) in [5.74, 6) is 0.780. The lowest BCUT2D eigenvalue weighted by Crippen LogP contribution is -2.68. The van der Waals surface area contributed by atoms with E-state index in [1.165, 1.54) is 13.0 Å². The molecule has 0 radical (unpaired) electrons. The van der Waals surface area contributed by atoms with Gasteiger partial charge in [-0.2, -0.15) is 5.26 Å². The predicted octanol–water partition coefficient (Wildman–Crippen LogP) is 17.4. The summed E-state index contributed by atoms with van der Waals surface area (Å²) in [6.45, 7) is 30.1. The molecule has 0 aromatic heterocycles. The maximum atomic E-state index is 13.3. The van der Waals surface area contributed by atoms with Crippen molar-refractivity contribution in [1.82, 2.24) is 0 Å². The van der Waals surface area contributed by atoms with Crippen LogP contribution < -0.4 is 14.2 Å². The van der Waals surface area contributed by atoms with Gasteiger partial charge in [0.1, 0.15) is 36.2 Å². The molecule has 5 aromatic rings. The van der Waals surface area contributed by atoms with E-state index in [1.807, 2.05) is 154 Å². The van der Waals surface area contributed by atoms with Crippen molar-refractivity contribution in [3.8, 4) is 23.3 Å². The number of hydrogen-bond donors (Lipinski definition) is 4. The molecule has 8 fully saturated rings. The fraction of sp³-hybridized carbons (Fsp3) is 0.644. The van der Waals surface area contributed by atoms with Crippen LogP contribution in [0.1, 0.15) is 227 Å². The Balaban J connectivity index is 0.000000198. The minimum absolute atomic E-state index is 0.000948. The molecule has 24 heteroatoms. The number of nitrogens with zero attached hydrogens (tertiary/aromatic N) is 1. The number of aliphatic hydroxyl groups excluding tert-OH is 4. The van der Waals surface area contributed by atoms with Crippen LogP contribution in [0.15, 0.2) is 146 Å². The average molecular weight is 1780 g/mol. The van der Waals surface area contributed by atoms with Crippen molar-refractivity contribution in [3.05, 3.63) is 173 Å². The second kappa shape index (κ2) is 48.6. The van der Waals surface area contributed by atoms with E-state index < -0.39 is 65.9 Å². The van der Waals surface area contributed by atoms with Crippen molar-refractivity contribution in [3.63, 3.8) is 0 Å². The van der Waals surface area contributed by atoms with E-state index in [-0.39, 0.29) is 153 Å². The molecule has 1 unspecified atom stereocenters. The number of carbonyl (C=O) groups is 4. The molecule has 7 saturated heterocycles. The van der Waals surface area contributed by atoms with Crippen molar-refractivity contribution in [2.75, 3.05) is 21.3 Å². The molecule has 8 aliphatic rings. The molecular weight excluding hydrogens is 1630 g/mol. The monoisotopic (exact) mass is 1780 g/mol. The van der Waals surface area contributed by atoms with Crippen LogP contribution >= 0.6 is 0 Å². The Kier molecular flexibility index (Phi) is 38.9. The predicted molar refractivity (Wildman–Crippen MR) is 484 cm³/mol. The van der Waals surface area contributed by atoms with E-state index in [1.54, 1.807) is 33.5 Å². The molecule has 7 aliphatic heterocycles. The molecule has 24 nitrogen and oxygen atoms in total. The zero-order valence-corrected chi connectivity index (χ0v) is 78.7. The summed E-state index contributed by atoms with van der Waals surface area (Å²) in [5, 5.41) is 50.8. The van der Waals surface area contributed by atoms with Crippen LogP contribution in [0.4, 0.5) is 0 Å². The third kappa shape index (κ3) is 27.7. The van der Waals surface area contributed by atoms with Gasteiger partial charge in [0.2, 0.25) is 5.79 Å². The first-order chi connectivity index (χ1) is 61.3. The Hall–Kier alpha value is -7.71. The molecule has 7 heterocycles. The smallest absolute Gasteiger partial charge is 0.330 e. The van der Waals surface area contributed by atoms with E-state index in [9.17, 15) is 39.6 Å². The molecule has 13 rings (SSSR count). The van der Waals surface area contributed by atoms with Gasteiger partial charge in [-0.25, -0.2) is 4.79 Å². The van der Waals surface area contributed by atoms with E-state index in [4.69, 9.17) is 76.3 Å². The number of esters is 3. The van der Waals surface area contributed by atoms with E-state index in [2.05, 4.69) is 69.2 Å². The lowest BCUT2D eigenvalue weighted by atomic mass is 9.59. The quantitative estimate of drug-likeness (QED) is 0.0162. The number of benzene rings is 5. The van der Waals surface area contributed by atoms with Crippen LogP contribution in [0.2, 0.25) is 0 Å². The highest BCUT2D eigenvalue weighted by Crippen LogP contribution is 2.59. The van der Waals surface area contributed by atoms with Crippen LogP contribution in [0.25, 0.3) is 0 Å². The van der Waals surface area contributed by atoms with Gasteiger partial charge in [-0.1, -0.05) is 199 Å².